The van der Waals surface area contributed by atoms with E-state index in [1.807, 2.05) is 0 Å². The number of fused-ring (bicyclic) bond motifs is 1. The van der Waals surface area contributed by atoms with Crippen LogP contribution in [0.5, 0.6) is 0 Å². The summed E-state index contributed by atoms with van der Waals surface area (Å²) in [5, 5.41) is 0. The molecule has 0 spiro atoms. The van der Waals surface area contributed by atoms with E-state index < -0.39 is 5.54 Å². The van der Waals surface area contributed by atoms with E-state index in [1.54, 1.807) is 11.9 Å². The number of aliphatic imine (C=N–C) groups is 1. The summed E-state index contributed by atoms with van der Waals surface area (Å²) in [6.07, 6.45) is 8.20. The Hall–Kier alpha value is -1.88. The van der Waals surface area contributed by atoms with Crippen LogP contribution < -0.4 is 5.73 Å². The number of amides is 1. The highest BCUT2D eigenvalue weighted by atomic mass is 16.2. The molecule has 0 radical (unpaired) electrons. The molecule has 1 aliphatic carbocycles. The van der Waals surface area contributed by atoms with E-state index in [9.17, 15) is 4.79 Å². The number of hydrogen-bond acceptors (Lipinski definition) is 4. The fraction of sp³-hybridized carbons (Fsp3) is 0.619. The molecule has 5 nitrogen and oxygen atoms in total. The van der Waals surface area contributed by atoms with E-state index in [2.05, 4.69) is 29.2 Å². The summed E-state index contributed by atoms with van der Waals surface area (Å²) in [5.41, 5.74) is 8.19. The highest BCUT2D eigenvalue weighted by molar-refractivity contribution is 6.06. The van der Waals surface area contributed by atoms with Crippen LogP contribution in [-0.2, 0) is 17.8 Å². The third kappa shape index (κ3) is 3.25. The quantitative estimate of drug-likeness (QED) is 0.904. The fourth-order valence-electron chi connectivity index (χ4n) is 4.99. The lowest BCUT2D eigenvalue weighted by atomic mass is 9.78. The molecule has 0 aromatic heterocycles. The molecule has 1 aromatic rings. The highest BCUT2D eigenvalue weighted by Crippen LogP contribution is 2.36. The number of nitrogens with two attached hydrogens (primary N) is 1. The summed E-state index contributed by atoms with van der Waals surface area (Å²) in [5.74, 6) is 1.05. The predicted molar refractivity (Wildman–Crippen MR) is 104 cm³/mol. The summed E-state index contributed by atoms with van der Waals surface area (Å²) in [7, 11) is 1.76. The van der Waals surface area contributed by atoms with Gasteiger partial charge in [0.1, 0.15) is 0 Å². The molecule has 3 aliphatic rings. The molecule has 1 saturated carbocycles. The Bertz CT molecular complexity index is 710. The van der Waals surface area contributed by atoms with Crippen molar-refractivity contribution in [1.29, 1.82) is 0 Å². The van der Waals surface area contributed by atoms with Crippen LogP contribution in [0.15, 0.2) is 29.3 Å². The molecule has 1 aromatic carbocycles. The van der Waals surface area contributed by atoms with Gasteiger partial charge < -0.3 is 5.73 Å². The zero-order valence-corrected chi connectivity index (χ0v) is 15.8. The first-order valence-electron chi connectivity index (χ1n) is 10.00. The Kier molecular flexibility index (Phi) is 4.74. The molecule has 1 fully saturated rings. The van der Waals surface area contributed by atoms with Crippen LogP contribution in [0, 0.1) is 5.92 Å². The van der Waals surface area contributed by atoms with Crippen molar-refractivity contribution in [2.45, 2.75) is 57.0 Å². The standard InChI is InChI=1S/C21H30N4O/c1-24-19(26)21(23-20(24)22,13-16-7-3-2-4-8-16)15-25-12-11-17-9-5-6-10-18(17)14-25/h5-6,9-10,16H,2-4,7-8,11-15H2,1H3,(H2,22,23). The van der Waals surface area contributed by atoms with E-state index >= 15 is 0 Å². The molecule has 2 aliphatic heterocycles. The average Bonchev–Trinajstić information content (AvgIpc) is 2.86. The van der Waals surface area contributed by atoms with Gasteiger partial charge in [0.25, 0.3) is 5.91 Å². The lowest BCUT2D eigenvalue weighted by Gasteiger charge is -2.37. The van der Waals surface area contributed by atoms with E-state index in [0.717, 1.165) is 25.9 Å². The largest absolute Gasteiger partial charge is 0.369 e. The van der Waals surface area contributed by atoms with Gasteiger partial charge in [-0.15, -0.1) is 0 Å². The van der Waals surface area contributed by atoms with Crippen molar-refractivity contribution in [3.05, 3.63) is 35.4 Å². The Labute approximate surface area is 156 Å². The van der Waals surface area contributed by atoms with Crippen LogP contribution in [0.1, 0.15) is 49.7 Å². The van der Waals surface area contributed by atoms with Crippen molar-refractivity contribution in [2.24, 2.45) is 16.6 Å². The first-order chi connectivity index (χ1) is 12.6. The van der Waals surface area contributed by atoms with Gasteiger partial charge in [0.2, 0.25) is 0 Å². The van der Waals surface area contributed by atoms with Crippen molar-refractivity contribution in [3.63, 3.8) is 0 Å². The number of benzene rings is 1. The zero-order chi connectivity index (χ0) is 18.1. The summed E-state index contributed by atoms with van der Waals surface area (Å²) in [6.45, 7) is 2.56. The van der Waals surface area contributed by atoms with E-state index in [0.29, 0.717) is 18.4 Å². The molecule has 26 heavy (non-hydrogen) atoms. The van der Waals surface area contributed by atoms with Gasteiger partial charge in [-0.25, -0.2) is 4.99 Å². The highest BCUT2D eigenvalue weighted by Gasteiger charge is 2.48. The zero-order valence-electron chi connectivity index (χ0n) is 15.8. The van der Waals surface area contributed by atoms with E-state index in [1.165, 1.54) is 43.2 Å². The SMILES string of the molecule is CN1C(=O)C(CC2CCCCC2)(CN2CCc3ccccc3C2)N=C1N. The Morgan fingerprint density at radius 3 is 2.62 bits per heavy atom. The molecular formula is C21H30N4O. The molecule has 1 atom stereocenters. The summed E-state index contributed by atoms with van der Waals surface area (Å²) in [6, 6.07) is 8.63. The number of guanidine groups is 1. The molecule has 0 saturated heterocycles. The third-order valence-corrected chi connectivity index (χ3v) is 6.42. The first-order valence-corrected chi connectivity index (χ1v) is 10.00. The molecule has 1 unspecified atom stereocenters. The summed E-state index contributed by atoms with van der Waals surface area (Å²) in [4.78, 5) is 21.8. The normalized spacial score (nSPS) is 27.5. The van der Waals surface area contributed by atoms with Crippen molar-refractivity contribution in [2.75, 3.05) is 20.1 Å². The minimum Gasteiger partial charge on any atom is -0.369 e. The fourth-order valence-corrected chi connectivity index (χ4v) is 4.99. The Morgan fingerprint density at radius 1 is 1.19 bits per heavy atom. The monoisotopic (exact) mass is 354 g/mol. The number of carbonyl (C=O) groups excluding carboxylic acids is 1. The van der Waals surface area contributed by atoms with E-state index in [-0.39, 0.29) is 5.91 Å². The molecule has 1 amide bonds. The number of hydrogen-bond donors (Lipinski definition) is 1. The van der Waals surface area contributed by atoms with Gasteiger partial charge in [-0.05, 0) is 29.9 Å². The van der Waals surface area contributed by atoms with Crippen molar-refractivity contribution in [1.82, 2.24) is 9.80 Å². The van der Waals surface area contributed by atoms with Gasteiger partial charge in [0, 0.05) is 26.7 Å². The lowest BCUT2D eigenvalue weighted by Crippen LogP contribution is -2.51. The molecular weight excluding hydrogens is 324 g/mol. The number of rotatable bonds is 4. The van der Waals surface area contributed by atoms with Gasteiger partial charge in [0.05, 0.1) is 0 Å². The van der Waals surface area contributed by atoms with Gasteiger partial charge in [-0.3, -0.25) is 14.6 Å². The second-order valence-corrected chi connectivity index (χ2v) is 8.30. The smallest absolute Gasteiger partial charge is 0.258 e. The number of carbonyl (C=O) groups is 1. The van der Waals surface area contributed by atoms with Crippen molar-refractivity contribution < 1.29 is 4.79 Å². The topological polar surface area (TPSA) is 61.9 Å². The van der Waals surface area contributed by atoms with E-state index in [4.69, 9.17) is 10.7 Å². The molecule has 2 N–H and O–H groups in total. The first kappa shape index (κ1) is 17.5. The maximum Gasteiger partial charge on any atom is 0.258 e. The van der Waals surface area contributed by atoms with Gasteiger partial charge in [-0.2, -0.15) is 0 Å². The Morgan fingerprint density at radius 2 is 1.92 bits per heavy atom. The van der Waals surface area contributed by atoms with Crippen LogP contribution in [0.25, 0.3) is 0 Å². The number of nitrogens with zero attached hydrogens (tertiary/aromatic N) is 3. The second-order valence-electron chi connectivity index (χ2n) is 8.30. The second kappa shape index (κ2) is 7.03. The maximum atomic E-state index is 13.1. The molecule has 140 valence electrons. The minimum absolute atomic E-state index is 0.0828. The average molecular weight is 354 g/mol. The lowest BCUT2D eigenvalue weighted by molar-refractivity contribution is -0.131. The minimum atomic E-state index is -0.687. The van der Waals surface area contributed by atoms with Gasteiger partial charge in [-0.1, -0.05) is 56.4 Å². The number of likely N-dealkylation sites (N-methyl/N-ethyl adjacent to an activating group) is 1. The van der Waals surface area contributed by atoms with Crippen LogP contribution >= 0.6 is 0 Å². The van der Waals surface area contributed by atoms with Gasteiger partial charge >= 0.3 is 0 Å². The summed E-state index contributed by atoms with van der Waals surface area (Å²) < 4.78 is 0. The molecule has 0 bridgehead atoms. The summed E-state index contributed by atoms with van der Waals surface area (Å²) >= 11 is 0. The molecule has 5 heteroatoms. The molecule has 4 rings (SSSR count). The maximum absolute atomic E-state index is 13.1. The van der Waals surface area contributed by atoms with Crippen LogP contribution in [0.2, 0.25) is 0 Å². The predicted octanol–water partition coefficient (Wildman–Crippen LogP) is 2.54. The van der Waals surface area contributed by atoms with Crippen LogP contribution in [0.3, 0.4) is 0 Å². The third-order valence-electron chi connectivity index (χ3n) is 6.42. The Balaban J connectivity index is 1.55. The van der Waals surface area contributed by atoms with Crippen LogP contribution in [0.4, 0.5) is 0 Å². The van der Waals surface area contributed by atoms with Crippen molar-refractivity contribution >= 4 is 11.9 Å². The van der Waals surface area contributed by atoms with Crippen molar-refractivity contribution in [3.8, 4) is 0 Å². The molecule has 2 heterocycles. The van der Waals surface area contributed by atoms with Crippen LogP contribution in [-0.4, -0.2) is 47.3 Å². The van der Waals surface area contributed by atoms with Gasteiger partial charge in [0.15, 0.2) is 11.5 Å².